The Balaban J connectivity index is 1.37. The summed E-state index contributed by atoms with van der Waals surface area (Å²) in [6, 6.07) is 29.6. The molecule has 0 aromatic heterocycles. The average Bonchev–Trinajstić information content (AvgIpc) is 3.41. The molecule has 0 bridgehead atoms. The van der Waals surface area contributed by atoms with Crippen LogP contribution >= 0.6 is 0 Å². The van der Waals surface area contributed by atoms with Crippen molar-refractivity contribution in [3.63, 3.8) is 0 Å². The highest BCUT2D eigenvalue weighted by Gasteiger charge is 2.37. The molecule has 3 aromatic rings. The van der Waals surface area contributed by atoms with E-state index >= 15 is 0 Å². The molecule has 23 heavy (non-hydrogen) atoms. The van der Waals surface area contributed by atoms with Gasteiger partial charge in [-0.1, -0.05) is 84.9 Å². The van der Waals surface area contributed by atoms with Crippen LogP contribution in [0.25, 0.3) is 11.1 Å². The largest absolute Gasteiger partial charge is 0.270 e. The highest BCUT2D eigenvalue weighted by atomic mass is 16.8. The van der Waals surface area contributed by atoms with E-state index in [0.717, 1.165) is 13.0 Å². The lowest BCUT2D eigenvalue weighted by Crippen LogP contribution is -2.04. The first-order valence-electron chi connectivity index (χ1n) is 8.03. The molecule has 0 amide bonds. The maximum absolute atomic E-state index is 5.70. The molecule has 1 aliphatic rings. The predicted molar refractivity (Wildman–Crippen MR) is 92.6 cm³/mol. The SMILES string of the molecule is c1ccc(CCN2OC2c2ccc(-c3ccccc3)cc2)cc1. The number of hydrogen-bond donors (Lipinski definition) is 0. The molecule has 3 aromatic carbocycles. The zero-order chi connectivity index (χ0) is 15.5. The molecule has 1 saturated heterocycles. The summed E-state index contributed by atoms with van der Waals surface area (Å²) in [5, 5.41) is 2.05. The van der Waals surface area contributed by atoms with Gasteiger partial charge in [-0.15, -0.1) is 0 Å². The maximum Gasteiger partial charge on any atom is 0.179 e. The van der Waals surface area contributed by atoms with Gasteiger partial charge in [0.1, 0.15) is 0 Å². The second-order valence-corrected chi connectivity index (χ2v) is 5.82. The van der Waals surface area contributed by atoms with Crippen LogP contribution in [0, 0.1) is 0 Å². The molecule has 2 unspecified atom stereocenters. The van der Waals surface area contributed by atoms with Crippen molar-refractivity contribution < 1.29 is 4.84 Å². The van der Waals surface area contributed by atoms with Gasteiger partial charge < -0.3 is 0 Å². The summed E-state index contributed by atoms with van der Waals surface area (Å²) in [6.45, 7) is 0.926. The van der Waals surface area contributed by atoms with Crippen LogP contribution in [-0.4, -0.2) is 11.6 Å². The maximum atomic E-state index is 5.70. The van der Waals surface area contributed by atoms with Crippen LogP contribution in [0.5, 0.6) is 0 Å². The minimum Gasteiger partial charge on any atom is -0.270 e. The average molecular weight is 301 g/mol. The Morgan fingerprint density at radius 2 is 1.30 bits per heavy atom. The lowest BCUT2D eigenvalue weighted by atomic mass is 10.0. The fourth-order valence-electron chi connectivity index (χ4n) is 2.85. The molecule has 0 saturated carbocycles. The van der Waals surface area contributed by atoms with Gasteiger partial charge in [0.15, 0.2) is 6.23 Å². The summed E-state index contributed by atoms with van der Waals surface area (Å²) in [7, 11) is 0. The normalized spacial score (nSPS) is 19.5. The third-order valence-electron chi connectivity index (χ3n) is 4.22. The number of hydroxylamine groups is 2. The van der Waals surface area contributed by atoms with Crippen LogP contribution in [0.2, 0.25) is 0 Å². The van der Waals surface area contributed by atoms with E-state index in [2.05, 4.69) is 78.9 Å². The molecule has 0 spiro atoms. The summed E-state index contributed by atoms with van der Waals surface area (Å²) < 4.78 is 0. The zero-order valence-corrected chi connectivity index (χ0v) is 12.9. The molecule has 0 radical (unpaired) electrons. The Bertz CT molecular complexity index is 753. The van der Waals surface area contributed by atoms with Gasteiger partial charge in [-0.3, -0.25) is 4.84 Å². The molecular formula is C21H19NO. The van der Waals surface area contributed by atoms with Crippen molar-refractivity contribution in [1.82, 2.24) is 5.06 Å². The van der Waals surface area contributed by atoms with Crippen molar-refractivity contribution in [3.05, 3.63) is 96.1 Å². The highest BCUT2D eigenvalue weighted by molar-refractivity contribution is 5.63. The molecule has 1 aliphatic heterocycles. The Labute approximate surface area is 136 Å². The Kier molecular flexibility index (Phi) is 3.93. The Morgan fingerprint density at radius 3 is 2.00 bits per heavy atom. The van der Waals surface area contributed by atoms with E-state index in [1.54, 1.807) is 0 Å². The van der Waals surface area contributed by atoms with Crippen molar-refractivity contribution in [2.24, 2.45) is 0 Å². The van der Waals surface area contributed by atoms with E-state index in [4.69, 9.17) is 4.84 Å². The van der Waals surface area contributed by atoms with Crippen LogP contribution < -0.4 is 0 Å². The van der Waals surface area contributed by atoms with Gasteiger partial charge >= 0.3 is 0 Å². The summed E-state index contributed by atoms with van der Waals surface area (Å²) in [5.41, 5.74) is 5.06. The third kappa shape index (κ3) is 3.34. The Morgan fingerprint density at radius 1 is 0.696 bits per heavy atom. The quantitative estimate of drug-likeness (QED) is 0.626. The standard InChI is InChI=1S/C21H19NO/c1-3-7-17(8-4-1)15-16-22-21(23-22)20-13-11-19(12-14-20)18-9-5-2-6-10-18/h1-14,21H,15-16H2. The van der Waals surface area contributed by atoms with Gasteiger partial charge in [-0.25, -0.2) is 0 Å². The van der Waals surface area contributed by atoms with E-state index < -0.39 is 0 Å². The van der Waals surface area contributed by atoms with Crippen LogP contribution in [0.3, 0.4) is 0 Å². The van der Waals surface area contributed by atoms with Crippen molar-refractivity contribution in [2.75, 3.05) is 6.54 Å². The van der Waals surface area contributed by atoms with Crippen molar-refractivity contribution >= 4 is 0 Å². The van der Waals surface area contributed by atoms with Gasteiger partial charge in [-0.2, -0.15) is 5.06 Å². The fraction of sp³-hybridized carbons (Fsp3) is 0.143. The monoisotopic (exact) mass is 301 g/mol. The van der Waals surface area contributed by atoms with Crippen molar-refractivity contribution in [2.45, 2.75) is 12.6 Å². The minimum atomic E-state index is 0.114. The number of benzene rings is 3. The van der Waals surface area contributed by atoms with E-state index in [-0.39, 0.29) is 6.23 Å². The first-order valence-corrected chi connectivity index (χ1v) is 8.03. The van der Waals surface area contributed by atoms with Gasteiger partial charge in [0.25, 0.3) is 0 Å². The highest BCUT2D eigenvalue weighted by Crippen LogP contribution is 2.37. The van der Waals surface area contributed by atoms with Crippen LogP contribution in [-0.2, 0) is 11.3 Å². The van der Waals surface area contributed by atoms with E-state index in [9.17, 15) is 0 Å². The molecule has 4 rings (SSSR count). The topological polar surface area (TPSA) is 15.5 Å². The number of nitrogens with zero attached hydrogens (tertiary/aromatic N) is 1. The van der Waals surface area contributed by atoms with Crippen LogP contribution in [0.1, 0.15) is 17.4 Å². The van der Waals surface area contributed by atoms with Crippen molar-refractivity contribution in [1.29, 1.82) is 0 Å². The lowest BCUT2D eigenvalue weighted by molar-refractivity contribution is 0.200. The summed E-state index contributed by atoms with van der Waals surface area (Å²) in [4.78, 5) is 5.70. The minimum absolute atomic E-state index is 0.114. The van der Waals surface area contributed by atoms with Crippen molar-refractivity contribution in [3.8, 4) is 11.1 Å². The molecule has 0 aliphatic carbocycles. The van der Waals surface area contributed by atoms with Gasteiger partial charge in [0.05, 0.1) is 0 Å². The van der Waals surface area contributed by atoms with Gasteiger partial charge in [-0.05, 0) is 28.7 Å². The number of rotatable bonds is 5. The molecule has 2 nitrogen and oxygen atoms in total. The summed E-state index contributed by atoms with van der Waals surface area (Å²) in [6.07, 6.45) is 1.13. The second kappa shape index (κ2) is 6.37. The van der Waals surface area contributed by atoms with E-state index in [1.165, 1.54) is 22.3 Å². The number of hydrogen-bond acceptors (Lipinski definition) is 2. The summed E-state index contributed by atoms with van der Waals surface area (Å²) in [5.74, 6) is 0. The lowest BCUT2D eigenvalue weighted by Gasteiger charge is -2.03. The third-order valence-corrected chi connectivity index (χ3v) is 4.22. The van der Waals surface area contributed by atoms with Gasteiger partial charge in [0, 0.05) is 6.54 Å². The molecule has 2 atom stereocenters. The molecule has 114 valence electrons. The smallest absolute Gasteiger partial charge is 0.179 e. The molecule has 1 fully saturated rings. The zero-order valence-electron chi connectivity index (χ0n) is 12.9. The van der Waals surface area contributed by atoms with E-state index in [1.807, 2.05) is 11.1 Å². The molecule has 0 N–H and O–H groups in total. The second-order valence-electron chi connectivity index (χ2n) is 5.82. The first kappa shape index (κ1) is 14.2. The Hall–Kier alpha value is -2.42. The first-order chi connectivity index (χ1) is 11.4. The van der Waals surface area contributed by atoms with Crippen LogP contribution in [0.4, 0.5) is 0 Å². The van der Waals surface area contributed by atoms with Crippen LogP contribution in [0.15, 0.2) is 84.9 Å². The van der Waals surface area contributed by atoms with E-state index in [0.29, 0.717) is 0 Å². The fourth-order valence-corrected chi connectivity index (χ4v) is 2.85. The van der Waals surface area contributed by atoms with Gasteiger partial charge in [0.2, 0.25) is 0 Å². The molecular weight excluding hydrogens is 282 g/mol. The molecule has 2 heteroatoms. The predicted octanol–water partition coefficient (Wildman–Crippen LogP) is 4.84. The summed E-state index contributed by atoms with van der Waals surface area (Å²) >= 11 is 0. The molecule has 1 heterocycles.